The molecule has 5 heterocycles. The average molecular weight is 1040 g/mol. The van der Waals surface area contributed by atoms with Crippen molar-refractivity contribution in [1.29, 1.82) is 0 Å². The maximum atomic E-state index is 14.5. The predicted octanol–water partition coefficient (Wildman–Crippen LogP) is 6.79. The first kappa shape index (κ1) is 51.1. The Hall–Kier alpha value is -6.38. The van der Waals surface area contributed by atoms with Crippen LogP contribution in [0.5, 0.6) is 5.75 Å². The highest BCUT2D eigenvalue weighted by Crippen LogP contribution is 2.70. The Morgan fingerprint density at radius 2 is 1.76 bits per heavy atom. The Kier molecular flexibility index (Phi) is 14.8. The normalized spacial score (nSPS) is 22.4. The number of halogens is 2. The maximum absolute atomic E-state index is 14.5. The van der Waals surface area contributed by atoms with Crippen LogP contribution in [0.25, 0.3) is 0 Å². The third-order valence-corrected chi connectivity index (χ3v) is 17.1. The molecule has 0 unspecified atom stereocenters. The predicted molar refractivity (Wildman–Crippen MR) is 271 cm³/mol. The number of alkyl halides is 2. The molecule has 10 rings (SSSR count). The quantitative estimate of drug-likeness (QED) is 0.0472. The van der Waals surface area contributed by atoms with Crippen LogP contribution in [0.2, 0.25) is 0 Å². The highest BCUT2D eigenvalue weighted by atomic mass is 32.1. The van der Waals surface area contributed by atoms with Gasteiger partial charge in [-0.05, 0) is 69.7 Å². The number of hydrogen-bond donors (Lipinski definition) is 4. The molecule has 2 saturated heterocycles. The van der Waals surface area contributed by atoms with Gasteiger partial charge in [-0.1, -0.05) is 68.7 Å². The second-order valence-corrected chi connectivity index (χ2v) is 21.7. The van der Waals surface area contributed by atoms with Gasteiger partial charge in [-0.2, -0.15) is 10.2 Å². The number of fused-ring (bicyclic) bond motifs is 2. The van der Waals surface area contributed by atoms with Gasteiger partial charge in [0.2, 0.25) is 23.5 Å². The Labute approximate surface area is 432 Å². The molecule has 0 spiro atoms. The van der Waals surface area contributed by atoms with Crippen molar-refractivity contribution in [3.8, 4) is 5.75 Å². The van der Waals surface area contributed by atoms with E-state index >= 15 is 0 Å². The van der Waals surface area contributed by atoms with Gasteiger partial charge in [-0.3, -0.25) is 33.8 Å². The van der Waals surface area contributed by atoms with Gasteiger partial charge < -0.3 is 35.2 Å². The SMILES string of the molecule is CN[C@@H](C)C(=O)N[C@H](C(=O)N1CCC[C@H]1c1nc(C(=O)c2cccc(OCCOCCC(=O)N3CC([C@@H](c4ccccc4)n4cc(NC(=O)c5n[nH]c6c5C[C@@H]5C(F)(F)[C@]5(C)C6)cn4)C3)c2)cs1)C1CCCCC1. The summed E-state index contributed by atoms with van der Waals surface area (Å²) in [4.78, 5) is 76.0. The lowest BCUT2D eigenvalue weighted by Crippen LogP contribution is -2.55. The first-order valence-corrected chi connectivity index (χ1v) is 26.8. The molecule has 0 radical (unpaired) electrons. The van der Waals surface area contributed by atoms with Crippen LogP contribution in [0.1, 0.15) is 126 Å². The fourth-order valence-corrected chi connectivity index (χ4v) is 12.5. The first-order chi connectivity index (χ1) is 35.7. The van der Waals surface area contributed by atoms with Crippen molar-refractivity contribution < 1.29 is 42.2 Å². The van der Waals surface area contributed by atoms with Gasteiger partial charge in [0.05, 0.1) is 49.6 Å². The van der Waals surface area contributed by atoms with Gasteiger partial charge in [0.15, 0.2) is 5.69 Å². The lowest BCUT2D eigenvalue weighted by atomic mass is 9.83. The van der Waals surface area contributed by atoms with E-state index in [-0.39, 0.29) is 92.2 Å². The number of rotatable bonds is 20. The highest BCUT2D eigenvalue weighted by molar-refractivity contribution is 7.10. The average Bonchev–Trinajstić information content (AvgIpc) is 4.18. The van der Waals surface area contributed by atoms with Crippen LogP contribution in [0.3, 0.4) is 0 Å². The number of hydrogen-bond acceptors (Lipinski definition) is 12. The summed E-state index contributed by atoms with van der Waals surface area (Å²) in [6.45, 7) is 5.57. The van der Waals surface area contributed by atoms with Crippen molar-refractivity contribution >= 4 is 46.4 Å². The van der Waals surface area contributed by atoms with Gasteiger partial charge in [-0.15, -0.1) is 11.3 Å². The molecule has 3 aliphatic carbocycles. The molecule has 0 bridgehead atoms. The Balaban J connectivity index is 0.673. The highest BCUT2D eigenvalue weighted by Gasteiger charge is 2.78. The smallest absolute Gasteiger partial charge is 0.276 e. The Bertz CT molecular complexity index is 2860. The number of likely N-dealkylation sites (N-methyl/N-ethyl adjacent to an activating group) is 1. The lowest BCUT2D eigenvalue weighted by molar-refractivity contribution is -0.140. The number of ketones is 1. The third kappa shape index (κ3) is 10.2. The van der Waals surface area contributed by atoms with E-state index in [1.54, 1.807) is 72.5 Å². The zero-order valence-electron chi connectivity index (χ0n) is 42.0. The number of nitrogens with zero attached hydrogens (tertiary/aromatic N) is 6. The fourth-order valence-electron chi connectivity index (χ4n) is 11.5. The van der Waals surface area contributed by atoms with E-state index in [0.29, 0.717) is 58.6 Å². The molecule has 4 amide bonds. The largest absolute Gasteiger partial charge is 0.491 e. The molecule has 74 heavy (non-hydrogen) atoms. The number of carbonyl (C=O) groups excluding carboxylic acids is 5. The molecular weight excluding hydrogens is 971 g/mol. The van der Waals surface area contributed by atoms with Crippen molar-refractivity contribution in [1.82, 2.24) is 45.4 Å². The maximum Gasteiger partial charge on any atom is 0.276 e. The molecule has 392 valence electrons. The van der Waals surface area contributed by atoms with Crippen LogP contribution < -0.4 is 20.7 Å². The molecule has 3 aromatic heterocycles. The molecule has 2 aliphatic heterocycles. The second-order valence-electron chi connectivity index (χ2n) is 20.8. The molecule has 6 atom stereocenters. The lowest BCUT2D eigenvalue weighted by Gasteiger charge is -2.43. The Morgan fingerprint density at radius 3 is 2.54 bits per heavy atom. The monoisotopic (exact) mass is 1030 g/mol. The van der Waals surface area contributed by atoms with E-state index in [0.717, 1.165) is 50.5 Å². The first-order valence-electron chi connectivity index (χ1n) is 25.9. The van der Waals surface area contributed by atoms with Crippen LogP contribution >= 0.6 is 11.3 Å². The zero-order chi connectivity index (χ0) is 51.7. The molecule has 17 nitrogen and oxygen atoms in total. The van der Waals surface area contributed by atoms with Gasteiger partial charge in [0.25, 0.3) is 11.8 Å². The third-order valence-electron chi connectivity index (χ3n) is 16.1. The summed E-state index contributed by atoms with van der Waals surface area (Å²) in [6, 6.07) is 15.2. The van der Waals surface area contributed by atoms with Gasteiger partial charge in [0, 0.05) is 71.7 Å². The van der Waals surface area contributed by atoms with Crippen molar-refractivity contribution in [3.05, 3.63) is 111 Å². The van der Waals surface area contributed by atoms with E-state index in [9.17, 15) is 32.8 Å². The molecule has 5 aromatic rings. The molecule has 20 heteroatoms. The molecule has 5 aliphatic rings. The minimum absolute atomic E-state index is 0.0374. The number of likely N-dealkylation sites (tertiary alicyclic amines) is 2. The van der Waals surface area contributed by atoms with Gasteiger partial charge in [-0.25, -0.2) is 13.8 Å². The topological polar surface area (TPSA) is 206 Å². The summed E-state index contributed by atoms with van der Waals surface area (Å²) in [7, 11) is 1.73. The molecule has 2 aromatic carbocycles. The van der Waals surface area contributed by atoms with Crippen molar-refractivity contribution in [2.75, 3.05) is 51.8 Å². The molecular formula is C54H64F2N10O7S. The van der Waals surface area contributed by atoms with Crippen LogP contribution in [-0.4, -0.2) is 129 Å². The van der Waals surface area contributed by atoms with E-state index in [4.69, 9.17) is 14.5 Å². The Morgan fingerprint density at radius 1 is 0.959 bits per heavy atom. The van der Waals surface area contributed by atoms with E-state index in [1.807, 2.05) is 35.2 Å². The molecule has 2 saturated carbocycles. The molecule has 4 fully saturated rings. The summed E-state index contributed by atoms with van der Waals surface area (Å²) < 4.78 is 42.6. The van der Waals surface area contributed by atoms with Crippen LogP contribution in [0, 0.1) is 23.2 Å². The van der Waals surface area contributed by atoms with E-state index < -0.39 is 35.2 Å². The number of carbonyl (C=O) groups is 5. The number of thiazole rings is 1. The standard InChI is InChI=1S/C54H64F2N10O7S/c1-32(57-3)49(69)61-45(33-12-6-4-7-13-33)52(71)65-20-11-18-42(65)51-60-41(31-74-51)48(68)35-16-10-17-38(24-35)73-23-22-72-21-19-44(67)64-28-36(29-64)47(34-14-8-5-9-15-34)66-30-37(27-58-66)59-50(70)46-39-25-43-53(2,54(43,55)56)26-40(39)62-63-46/h5,8-10,14-17,24,27,30-33,36,42-43,45,47,57H,4,6-7,11-13,18-23,25-26,28-29H2,1-3H3,(H,59,70)(H,61,69)(H,62,63)/t32-,42-,43-,45-,47+,53+/m0/s1. The summed E-state index contributed by atoms with van der Waals surface area (Å²) in [5.41, 5.74) is 2.30. The number of aromatic nitrogens is 5. The van der Waals surface area contributed by atoms with Gasteiger partial charge in [0.1, 0.15) is 29.1 Å². The number of benzene rings is 2. The van der Waals surface area contributed by atoms with Crippen molar-refractivity contribution in [2.45, 2.75) is 108 Å². The van der Waals surface area contributed by atoms with E-state index in [2.05, 4.69) is 31.2 Å². The van der Waals surface area contributed by atoms with Gasteiger partial charge >= 0.3 is 0 Å². The van der Waals surface area contributed by atoms with Crippen molar-refractivity contribution in [3.63, 3.8) is 0 Å². The summed E-state index contributed by atoms with van der Waals surface area (Å²) in [6.07, 6.45) is 10.3. The number of aromatic amines is 1. The summed E-state index contributed by atoms with van der Waals surface area (Å²) in [5, 5.41) is 23.0. The summed E-state index contributed by atoms with van der Waals surface area (Å²) in [5.74, 6) is -4.01. The summed E-state index contributed by atoms with van der Waals surface area (Å²) >= 11 is 1.37. The fraction of sp³-hybridized carbons (Fsp3) is 0.519. The minimum atomic E-state index is -2.77. The number of H-pyrrole nitrogens is 1. The number of amides is 4. The van der Waals surface area contributed by atoms with Crippen molar-refractivity contribution in [2.24, 2.45) is 23.2 Å². The van der Waals surface area contributed by atoms with Crippen LogP contribution in [-0.2, 0) is 32.0 Å². The number of ether oxygens (including phenoxy) is 2. The number of nitrogens with one attached hydrogen (secondary N) is 4. The van der Waals surface area contributed by atoms with E-state index in [1.165, 1.54) is 11.3 Å². The molecule has 4 N–H and O–H groups in total. The second kappa shape index (κ2) is 21.5. The number of anilines is 1. The zero-order valence-corrected chi connectivity index (χ0v) is 42.8. The minimum Gasteiger partial charge on any atom is -0.491 e. The van der Waals surface area contributed by atoms with Crippen LogP contribution in [0.15, 0.2) is 72.4 Å². The van der Waals surface area contributed by atoms with Crippen LogP contribution in [0.4, 0.5) is 14.5 Å².